The molecular weight excluding hydrogens is 252 g/mol. The Balaban J connectivity index is 2.11. The van der Waals surface area contributed by atoms with Gasteiger partial charge in [-0.3, -0.25) is 4.90 Å². The molecule has 0 spiro atoms. The Morgan fingerprint density at radius 2 is 1.68 bits per heavy atom. The van der Waals surface area contributed by atoms with Crippen LogP contribution in [0.5, 0.6) is 0 Å². The molecule has 1 aliphatic heterocycles. The van der Waals surface area contributed by atoms with Crippen molar-refractivity contribution in [1.29, 1.82) is 0 Å². The molecule has 1 N–H and O–H groups in total. The number of nitrogens with one attached hydrogen (secondary N) is 1. The maximum atomic E-state index is 3.42. The van der Waals surface area contributed by atoms with E-state index >= 15 is 0 Å². The second-order valence-corrected chi connectivity index (χ2v) is 7.64. The third kappa shape index (κ3) is 3.74. The molecule has 106 valence electrons. The van der Waals surface area contributed by atoms with E-state index in [1.165, 1.54) is 10.5 Å². The van der Waals surface area contributed by atoms with E-state index in [1.54, 1.807) is 0 Å². The fourth-order valence-corrected chi connectivity index (χ4v) is 3.46. The molecule has 1 aromatic carbocycles. The van der Waals surface area contributed by atoms with Crippen molar-refractivity contribution in [3.8, 4) is 0 Å². The molecule has 1 fully saturated rings. The second-order valence-electron chi connectivity index (χ2n) is 5.99. The van der Waals surface area contributed by atoms with Crippen LogP contribution in [0.1, 0.15) is 33.3 Å². The van der Waals surface area contributed by atoms with Crippen LogP contribution >= 0.6 is 11.8 Å². The first-order chi connectivity index (χ1) is 9.00. The molecule has 0 bridgehead atoms. The lowest BCUT2D eigenvalue weighted by Crippen LogP contribution is -2.51. The van der Waals surface area contributed by atoms with E-state index in [-0.39, 0.29) is 5.54 Å². The summed E-state index contributed by atoms with van der Waals surface area (Å²) >= 11 is 1.93. The predicted molar refractivity (Wildman–Crippen MR) is 84.9 cm³/mol. The summed E-state index contributed by atoms with van der Waals surface area (Å²) in [6.07, 6.45) is 0. The van der Waals surface area contributed by atoms with Crippen molar-refractivity contribution in [2.45, 2.75) is 43.4 Å². The van der Waals surface area contributed by atoms with Crippen LogP contribution in [0.3, 0.4) is 0 Å². The van der Waals surface area contributed by atoms with Gasteiger partial charge in [-0.05, 0) is 31.5 Å². The van der Waals surface area contributed by atoms with E-state index in [0.29, 0.717) is 5.25 Å². The predicted octanol–water partition coefficient (Wildman–Crippen LogP) is 3.33. The molecular formula is C16H26N2S. The minimum absolute atomic E-state index is 0.128. The first-order valence-corrected chi connectivity index (χ1v) is 8.11. The molecule has 0 atom stereocenters. The number of hydrogen-bond acceptors (Lipinski definition) is 3. The lowest BCUT2D eigenvalue weighted by Gasteiger charge is -2.41. The average molecular weight is 278 g/mol. The summed E-state index contributed by atoms with van der Waals surface area (Å²) in [4.78, 5) is 3.95. The van der Waals surface area contributed by atoms with Crippen molar-refractivity contribution in [2.75, 3.05) is 26.2 Å². The van der Waals surface area contributed by atoms with Crippen molar-refractivity contribution in [3.63, 3.8) is 0 Å². The van der Waals surface area contributed by atoms with Crippen molar-refractivity contribution in [1.82, 2.24) is 10.2 Å². The molecule has 0 saturated carbocycles. The van der Waals surface area contributed by atoms with Gasteiger partial charge in [0.1, 0.15) is 0 Å². The van der Waals surface area contributed by atoms with Gasteiger partial charge in [0.15, 0.2) is 0 Å². The Morgan fingerprint density at radius 3 is 2.21 bits per heavy atom. The smallest absolute Gasteiger partial charge is 0.0405 e. The van der Waals surface area contributed by atoms with E-state index in [2.05, 4.69) is 62.2 Å². The Morgan fingerprint density at radius 1 is 1.11 bits per heavy atom. The van der Waals surface area contributed by atoms with Crippen LogP contribution in [0.2, 0.25) is 0 Å². The highest BCUT2D eigenvalue weighted by molar-refractivity contribution is 7.99. The van der Waals surface area contributed by atoms with Gasteiger partial charge in [0.25, 0.3) is 0 Å². The van der Waals surface area contributed by atoms with Crippen molar-refractivity contribution in [3.05, 3.63) is 29.8 Å². The molecule has 19 heavy (non-hydrogen) atoms. The summed E-state index contributed by atoms with van der Waals surface area (Å²) in [5.74, 6) is 0. The van der Waals surface area contributed by atoms with Gasteiger partial charge in [-0.2, -0.15) is 0 Å². The largest absolute Gasteiger partial charge is 0.314 e. The van der Waals surface area contributed by atoms with Crippen LogP contribution in [0, 0.1) is 0 Å². The molecule has 1 saturated heterocycles. The zero-order valence-electron chi connectivity index (χ0n) is 12.6. The summed E-state index contributed by atoms with van der Waals surface area (Å²) < 4.78 is 0. The highest BCUT2D eigenvalue weighted by atomic mass is 32.2. The lowest BCUT2D eigenvalue weighted by atomic mass is 9.91. The Hall–Kier alpha value is -0.510. The minimum atomic E-state index is 0.128. The fraction of sp³-hybridized carbons (Fsp3) is 0.625. The topological polar surface area (TPSA) is 15.3 Å². The van der Waals surface area contributed by atoms with E-state index < -0.39 is 0 Å². The molecule has 0 aliphatic carbocycles. The number of nitrogens with zero attached hydrogens (tertiary/aromatic N) is 1. The molecule has 0 aromatic heterocycles. The summed E-state index contributed by atoms with van der Waals surface area (Å²) in [5, 5.41) is 4.07. The van der Waals surface area contributed by atoms with Crippen molar-refractivity contribution >= 4 is 11.8 Å². The molecule has 0 radical (unpaired) electrons. The third-order valence-electron chi connectivity index (χ3n) is 3.84. The summed E-state index contributed by atoms with van der Waals surface area (Å²) in [7, 11) is 0. The van der Waals surface area contributed by atoms with Gasteiger partial charge in [0, 0.05) is 41.9 Å². The average Bonchev–Trinajstić information content (AvgIpc) is 2.40. The van der Waals surface area contributed by atoms with Gasteiger partial charge >= 0.3 is 0 Å². The first kappa shape index (κ1) is 14.9. The monoisotopic (exact) mass is 278 g/mol. The summed E-state index contributed by atoms with van der Waals surface area (Å²) in [5.41, 5.74) is 1.55. The van der Waals surface area contributed by atoms with E-state index in [9.17, 15) is 0 Å². The van der Waals surface area contributed by atoms with Crippen LogP contribution in [-0.4, -0.2) is 36.3 Å². The molecule has 3 heteroatoms. The number of benzene rings is 1. The van der Waals surface area contributed by atoms with E-state index in [1.807, 2.05) is 11.8 Å². The fourth-order valence-electron chi connectivity index (χ4n) is 2.62. The quantitative estimate of drug-likeness (QED) is 0.851. The third-order valence-corrected chi connectivity index (χ3v) is 4.86. The molecule has 0 unspecified atom stereocenters. The normalized spacial score (nSPS) is 17.9. The number of rotatable bonds is 4. The highest BCUT2D eigenvalue weighted by Gasteiger charge is 2.29. The zero-order chi connectivity index (χ0) is 13.9. The van der Waals surface area contributed by atoms with Gasteiger partial charge < -0.3 is 5.32 Å². The number of thioether (sulfide) groups is 1. The molecule has 1 aliphatic rings. The van der Waals surface area contributed by atoms with E-state index in [4.69, 9.17) is 0 Å². The van der Waals surface area contributed by atoms with E-state index in [0.717, 1.165) is 26.2 Å². The van der Waals surface area contributed by atoms with Crippen molar-refractivity contribution in [2.24, 2.45) is 0 Å². The molecule has 1 aromatic rings. The number of hydrogen-bond donors (Lipinski definition) is 1. The SMILES string of the molecule is CC(C)Sc1ccc(C(C)(C)N2CCNCC2)cc1. The highest BCUT2D eigenvalue weighted by Crippen LogP contribution is 2.30. The first-order valence-electron chi connectivity index (χ1n) is 7.23. The molecule has 2 rings (SSSR count). The molecule has 2 nitrogen and oxygen atoms in total. The molecule has 1 heterocycles. The Kier molecular flexibility index (Phi) is 4.93. The lowest BCUT2D eigenvalue weighted by molar-refractivity contribution is 0.102. The standard InChI is InChI=1S/C16H26N2S/c1-13(2)19-15-7-5-14(6-8-15)16(3,4)18-11-9-17-10-12-18/h5-8,13,17H,9-12H2,1-4H3. The summed E-state index contributed by atoms with van der Waals surface area (Å²) in [6.45, 7) is 13.6. The van der Waals surface area contributed by atoms with Gasteiger partial charge in [0.05, 0.1) is 0 Å². The van der Waals surface area contributed by atoms with Crippen molar-refractivity contribution < 1.29 is 0 Å². The van der Waals surface area contributed by atoms with Crippen LogP contribution in [0.4, 0.5) is 0 Å². The number of piperazine rings is 1. The second kappa shape index (κ2) is 6.29. The zero-order valence-corrected chi connectivity index (χ0v) is 13.4. The maximum Gasteiger partial charge on any atom is 0.0405 e. The minimum Gasteiger partial charge on any atom is -0.314 e. The van der Waals surface area contributed by atoms with Crippen LogP contribution in [-0.2, 0) is 5.54 Å². The van der Waals surface area contributed by atoms with Crippen LogP contribution < -0.4 is 5.32 Å². The van der Waals surface area contributed by atoms with Crippen LogP contribution in [0.25, 0.3) is 0 Å². The van der Waals surface area contributed by atoms with Gasteiger partial charge in [-0.25, -0.2) is 0 Å². The van der Waals surface area contributed by atoms with Gasteiger partial charge in [0.2, 0.25) is 0 Å². The Bertz CT molecular complexity index is 392. The van der Waals surface area contributed by atoms with Gasteiger partial charge in [-0.1, -0.05) is 26.0 Å². The van der Waals surface area contributed by atoms with Gasteiger partial charge in [-0.15, -0.1) is 11.8 Å². The van der Waals surface area contributed by atoms with Crippen LogP contribution in [0.15, 0.2) is 29.2 Å². The molecule has 0 amide bonds. The Labute approximate surface area is 122 Å². The maximum absolute atomic E-state index is 3.42. The summed E-state index contributed by atoms with van der Waals surface area (Å²) in [6, 6.07) is 9.13.